The van der Waals surface area contributed by atoms with Gasteiger partial charge in [0.15, 0.2) is 5.78 Å². The summed E-state index contributed by atoms with van der Waals surface area (Å²) in [5.74, 6) is -2.83. The Labute approximate surface area is 765 Å². The Kier molecular flexibility index (Phi) is 82.8. The van der Waals surface area contributed by atoms with E-state index in [9.17, 15) is 53.1 Å². The molecule has 28 heteroatoms. The first-order valence-corrected chi connectivity index (χ1v) is 45.0. The van der Waals surface area contributed by atoms with Gasteiger partial charge in [0.1, 0.15) is 58.4 Å². The van der Waals surface area contributed by atoms with Gasteiger partial charge in [0, 0.05) is 50.5 Å². The van der Waals surface area contributed by atoms with E-state index in [4.69, 9.17) is 79.1 Å². The minimum atomic E-state index is -1.35. The van der Waals surface area contributed by atoms with Crippen LogP contribution >= 0.6 is 0 Å². The van der Waals surface area contributed by atoms with Crippen molar-refractivity contribution < 1.29 is 132 Å². The normalized spacial score (nSPS) is 10.8. The first-order chi connectivity index (χ1) is 62.3. The van der Waals surface area contributed by atoms with E-state index in [1.165, 1.54) is 72.8 Å². The lowest BCUT2D eigenvalue weighted by atomic mass is 9.99. The molecule has 1 amide bonds. The quantitative estimate of drug-likeness (QED) is 0.00745. The first kappa shape index (κ1) is 125. The van der Waals surface area contributed by atoms with E-state index in [1.54, 1.807) is 48.5 Å². The fourth-order valence-electron chi connectivity index (χ4n) is 9.82. The SMILES string of the molecule is CC.CC.CC.CC.CC(C)C/C=C\CCCC(=O)Oc1ccc(C(=O)OC(CO)CO)cc1.CC/C=C\CCCC(=O)Oc1ccc(C(=O)NC(CO)CO)cc1.CC/C=C\CCCC(=O)Oc1ccc(CC(=O)C(CO)CO)cc1.CC/C=C\CCCC(=O)Oc1ccc(CC(=O)C(O)CO)cc1.CC/C=C\CCCC(=O)Oc1ccc(OC(=O)C(CO)CO)cc1. The van der Waals surface area contributed by atoms with Crippen molar-refractivity contribution in [2.45, 2.75) is 256 Å². The number of hydrogen-bond donors (Lipinski definition) is 11. The number of rotatable bonds is 52. The van der Waals surface area contributed by atoms with Gasteiger partial charge in [0.05, 0.1) is 77.0 Å². The number of aliphatic hydroxyl groups excluding tert-OH is 10. The lowest BCUT2D eigenvalue weighted by Crippen LogP contribution is -2.40. The summed E-state index contributed by atoms with van der Waals surface area (Å²) < 4.78 is 36.0. The Morgan fingerprint density at radius 1 is 0.326 bits per heavy atom. The second kappa shape index (κ2) is 85.6. The Morgan fingerprint density at radius 3 is 0.884 bits per heavy atom. The predicted molar refractivity (Wildman–Crippen MR) is 502 cm³/mol. The maximum absolute atomic E-state index is 11.9. The molecule has 1 unspecified atom stereocenters. The number of Topliss-reactive ketones (excluding diaryl/α,β-unsaturated/α-hetero) is 2. The van der Waals surface area contributed by atoms with Crippen molar-refractivity contribution in [3.8, 4) is 34.5 Å². The zero-order chi connectivity index (χ0) is 97.8. The summed E-state index contributed by atoms with van der Waals surface area (Å²) in [5, 5.41) is 91.9. The molecular weight excluding hydrogens is 1660 g/mol. The Morgan fingerprint density at radius 2 is 0.605 bits per heavy atom. The molecule has 0 spiro atoms. The van der Waals surface area contributed by atoms with Crippen LogP contribution in [0.1, 0.15) is 257 Å². The lowest BCUT2D eigenvalue weighted by molar-refractivity contribution is -0.142. The molecule has 0 saturated carbocycles. The van der Waals surface area contributed by atoms with Crippen molar-refractivity contribution in [1.82, 2.24) is 5.32 Å². The number of nitrogens with one attached hydrogen (secondary N) is 1. The van der Waals surface area contributed by atoms with Gasteiger partial charge in [-0.25, -0.2) is 4.79 Å². The van der Waals surface area contributed by atoms with Crippen molar-refractivity contribution in [2.75, 3.05) is 59.5 Å². The van der Waals surface area contributed by atoms with E-state index in [0.29, 0.717) is 77.9 Å². The third kappa shape index (κ3) is 65.7. The van der Waals surface area contributed by atoms with E-state index < -0.39 is 86.7 Å². The summed E-state index contributed by atoms with van der Waals surface area (Å²) >= 11 is 0. The molecule has 0 radical (unpaired) electrons. The highest BCUT2D eigenvalue weighted by atomic mass is 16.6. The lowest BCUT2D eigenvalue weighted by Gasteiger charge is -2.13. The van der Waals surface area contributed by atoms with E-state index in [0.717, 1.165) is 102 Å². The molecule has 5 rings (SSSR count). The van der Waals surface area contributed by atoms with Crippen LogP contribution in [-0.2, 0) is 55.9 Å². The largest absolute Gasteiger partial charge is 0.454 e. The van der Waals surface area contributed by atoms with Gasteiger partial charge in [-0.2, -0.15) is 0 Å². The molecule has 0 aliphatic heterocycles. The zero-order valence-corrected chi connectivity index (χ0v) is 78.6. The van der Waals surface area contributed by atoms with Gasteiger partial charge in [-0.3, -0.25) is 43.2 Å². The van der Waals surface area contributed by atoms with Gasteiger partial charge >= 0.3 is 41.8 Å². The van der Waals surface area contributed by atoms with Crippen molar-refractivity contribution in [3.63, 3.8) is 0 Å². The third-order valence-corrected chi connectivity index (χ3v) is 16.8. The van der Waals surface area contributed by atoms with Crippen LogP contribution in [0.2, 0.25) is 0 Å². The molecule has 11 N–H and O–H groups in total. The molecule has 0 heterocycles. The fourth-order valence-corrected chi connectivity index (χ4v) is 9.82. The monoisotopic (exact) mass is 1810 g/mol. The standard InChI is InChI=1S/C20H28O6.C19H26O5.C18H25NO5.C18H24O6.C18H24O5.4C2H6/c1-15(2)7-5-3-4-6-8-19(23)25-17-11-9-16(10-12-17)20(24)26-18(13-21)14-22;1-2-3-4-5-6-7-19(23)24-17-10-8-15(9-11-17)12-18(22)16(13-20)14-21;1-2-3-4-5-6-7-17(22)24-16-10-8-14(9-11-16)18(23)19-15(12-20)13-21;1-2-3-4-5-6-7-17(21)23-15-8-10-16(11-9-15)24-18(22)14(12-19)13-20;1-2-3-4-5-6-7-18(22)23-15-10-8-14(9-11-15)12-16(20)17(21)13-19;4*1-2/h3,5,9-12,15,18,21-22H,4,6-8,13-14H2,1-2H3;3-4,8-11,16,20-21H,2,5-7,12-14H2,1H3;3-4,8-11,15,20-21H,2,5-7,12-13H2,1H3,(H,19,23);3-4,8-11,14,19-20H,2,5-7,12-13H2,1H3;3-4,8-11,17,19,21H,2,5-7,12-13H2,1H3;4*1-2H3/b5-3-;4*4-3-;;;;. The van der Waals surface area contributed by atoms with Crippen LogP contribution in [0.5, 0.6) is 34.5 Å². The molecule has 0 fully saturated rings. The summed E-state index contributed by atoms with van der Waals surface area (Å²) in [6.45, 7) is 24.7. The second-order valence-electron chi connectivity index (χ2n) is 27.7. The number of allylic oxidation sites excluding steroid dienone is 10. The van der Waals surface area contributed by atoms with Gasteiger partial charge < -0.3 is 89.5 Å². The van der Waals surface area contributed by atoms with Crippen LogP contribution in [-0.4, -0.2) is 188 Å². The number of unbranched alkanes of at least 4 members (excludes halogenated alkanes) is 5. The van der Waals surface area contributed by atoms with Crippen molar-refractivity contribution in [1.29, 1.82) is 0 Å². The molecular formula is C101H151NO27. The summed E-state index contributed by atoms with van der Waals surface area (Å²) in [6.07, 6.45) is 33.2. The average molecular weight is 1810 g/mol. The van der Waals surface area contributed by atoms with Crippen molar-refractivity contribution in [3.05, 3.63) is 204 Å². The minimum absolute atomic E-state index is 0.0275. The molecule has 1 atom stereocenters. The first-order valence-electron chi connectivity index (χ1n) is 45.0. The average Bonchev–Trinajstić information content (AvgIpc) is 0.878. The number of amides is 1. The second-order valence-corrected chi connectivity index (χ2v) is 27.7. The molecule has 28 nitrogen and oxygen atoms in total. The highest BCUT2D eigenvalue weighted by molar-refractivity contribution is 5.94. The minimum Gasteiger partial charge on any atom is -0.454 e. The maximum Gasteiger partial charge on any atom is 0.338 e. The van der Waals surface area contributed by atoms with Gasteiger partial charge in [0.25, 0.3) is 5.91 Å². The van der Waals surface area contributed by atoms with Gasteiger partial charge in [-0.1, -0.05) is 182 Å². The Bertz CT molecular complexity index is 3760. The van der Waals surface area contributed by atoms with Crippen molar-refractivity contribution >= 4 is 59.3 Å². The van der Waals surface area contributed by atoms with Crippen LogP contribution in [0.15, 0.2) is 182 Å². The van der Waals surface area contributed by atoms with Crippen molar-refractivity contribution in [2.24, 2.45) is 17.8 Å². The number of carbonyl (C=O) groups is 10. The Hall–Kier alpha value is -10.5. The highest BCUT2D eigenvalue weighted by Gasteiger charge is 2.22. The maximum atomic E-state index is 11.9. The number of ether oxygens (including phenoxy) is 7. The smallest absolute Gasteiger partial charge is 0.338 e. The molecule has 0 bridgehead atoms. The molecule has 722 valence electrons. The van der Waals surface area contributed by atoms with Gasteiger partial charge in [-0.15, -0.1) is 0 Å². The molecule has 5 aromatic rings. The fraction of sp³-hybridized carbons (Fsp3) is 0.505. The van der Waals surface area contributed by atoms with E-state index >= 15 is 0 Å². The topological polar surface area (TPSA) is 450 Å². The molecule has 0 aliphatic rings. The third-order valence-electron chi connectivity index (χ3n) is 16.8. The van der Waals surface area contributed by atoms with Crippen LogP contribution in [0.3, 0.4) is 0 Å². The molecule has 5 aromatic carbocycles. The molecule has 0 aliphatic carbocycles. The van der Waals surface area contributed by atoms with Crippen LogP contribution in [0, 0.1) is 17.8 Å². The van der Waals surface area contributed by atoms with Crippen LogP contribution in [0.4, 0.5) is 0 Å². The number of aliphatic hydroxyl groups is 10. The van der Waals surface area contributed by atoms with Gasteiger partial charge in [-0.05, 0) is 210 Å². The summed E-state index contributed by atoms with van der Waals surface area (Å²) in [6, 6.07) is 30.6. The van der Waals surface area contributed by atoms with E-state index in [2.05, 4.69) is 95.5 Å². The highest BCUT2D eigenvalue weighted by Crippen LogP contribution is 2.23. The Balaban J connectivity index is -0.000000742. The molecule has 0 saturated heterocycles. The summed E-state index contributed by atoms with van der Waals surface area (Å²) in [7, 11) is 0. The number of ketones is 2. The number of hydrogen-bond acceptors (Lipinski definition) is 27. The summed E-state index contributed by atoms with van der Waals surface area (Å²) in [4.78, 5) is 117. The van der Waals surface area contributed by atoms with E-state index in [-0.39, 0.29) is 86.2 Å². The number of esters is 7. The number of benzene rings is 5. The van der Waals surface area contributed by atoms with E-state index in [1.807, 2.05) is 67.5 Å². The molecule has 129 heavy (non-hydrogen) atoms. The van der Waals surface area contributed by atoms with Gasteiger partial charge in [0.2, 0.25) is 0 Å². The zero-order valence-electron chi connectivity index (χ0n) is 78.6. The number of carbonyl (C=O) groups excluding carboxylic acids is 10. The van der Waals surface area contributed by atoms with Crippen LogP contribution < -0.4 is 33.7 Å². The van der Waals surface area contributed by atoms with Crippen LogP contribution in [0.25, 0.3) is 0 Å². The summed E-state index contributed by atoms with van der Waals surface area (Å²) in [5.41, 5.74) is 2.03. The predicted octanol–water partition coefficient (Wildman–Crippen LogP) is 15.7. The molecule has 0 aromatic heterocycles.